The Morgan fingerprint density at radius 3 is 2.66 bits per heavy atom. The molecule has 0 spiro atoms. The minimum atomic E-state index is -3.56. The maximum absolute atomic E-state index is 11.3. The number of aryl methyl sites for hydroxylation is 1. The van der Waals surface area contributed by atoms with Crippen molar-refractivity contribution in [3.8, 4) is 0 Å². The van der Waals surface area contributed by atoms with Crippen LogP contribution in [0, 0.1) is 0 Å². The van der Waals surface area contributed by atoms with Crippen LogP contribution in [0.4, 0.5) is 0 Å². The largest absolute Gasteiger partial charge is 0.394 e. The van der Waals surface area contributed by atoms with Gasteiger partial charge in [0.1, 0.15) is 0 Å². The van der Waals surface area contributed by atoms with Gasteiger partial charge in [-0.05, 0) is 25.1 Å². The molecule has 2 N–H and O–H groups in total. The molecule has 2 aromatic carbocycles. The highest BCUT2D eigenvalue weighted by Crippen LogP contribution is 2.37. The molecule has 0 bridgehead atoms. The maximum Gasteiger partial charge on any atom is 0.264 e. The Labute approximate surface area is 173 Å². The standard InChI is InChI=1S/C21H24N2O4S2/c1-21(12-24,13-27-29(3,25)26)22-11-14-10-17-19(28-14)9-8-16-15-6-4-5-7-18(15)23(2)20(16)17/h4-10,22,24H,11-13H2,1-3H3. The number of rotatable bonds is 7. The molecule has 4 aromatic rings. The van der Waals surface area contributed by atoms with Crippen LogP contribution < -0.4 is 5.32 Å². The van der Waals surface area contributed by atoms with Crippen LogP contribution in [0.2, 0.25) is 0 Å². The Hall–Kier alpha value is -1.97. The second-order valence-corrected chi connectivity index (χ2v) is 10.5. The predicted molar refractivity (Wildman–Crippen MR) is 119 cm³/mol. The summed E-state index contributed by atoms with van der Waals surface area (Å²) in [7, 11) is -1.48. The van der Waals surface area contributed by atoms with Gasteiger partial charge in [-0.3, -0.25) is 4.18 Å². The number of thiophene rings is 1. The lowest BCUT2D eigenvalue weighted by molar-refractivity contribution is 0.118. The van der Waals surface area contributed by atoms with Gasteiger partial charge in [-0.2, -0.15) is 8.42 Å². The number of aliphatic hydroxyl groups excluding tert-OH is 1. The quantitative estimate of drug-likeness (QED) is 0.438. The molecule has 0 amide bonds. The molecule has 6 nitrogen and oxygen atoms in total. The monoisotopic (exact) mass is 432 g/mol. The lowest BCUT2D eigenvalue weighted by Gasteiger charge is -2.27. The smallest absolute Gasteiger partial charge is 0.264 e. The van der Waals surface area contributed by atoms with E-state index in [0.717, 1.165) is 11.1 Å². The second-order valence-electron chi connectivity index (χ2n) is 7.70. The van der Waals surface area contributed by atoms with Gasteiger partial charge in [0, 0.05) is 44.8 Å². The summed E-state index contributed by atoms with van der Waals surface area (Å²) in [6.07, 6.45) is 1.01. The second kappa shape index (κ2) is 7.37. The number of fused-ring (bicyclic) bond motifs is 5. The maximum atomic E-state index is 11.3. The van der Waals surface area contributed by atoms with Crippen LogP contribution in [0.15, 0.2) is 42.5 Å². The summed E-state index contributed by atoms with van der Waals surface area (Å²) in [4.78, 5) is 1.11. The van der Waals surface area contributed by atoms with Gasteiger partial charge in [-0.25, -0.2) is 0 Å². The third kappa shape index (κ3) is 3.91. The van der Waals surface area contributed by atoms with E-state index in [9.17, 15) is 13.5 Å². The average molecular weight is 433 g/mol. The number of hydrogen-bond acceptors (Lipinski definition) is 6. The van der Waals surface area contributed by atoms with E-state index in [4.69, 9.17) is 4.18 Å². The van der Waals surface area contributed by atoms with Crippen molar-refractivity contribution in [1.29, 1.82) is 0 Å². The van der Waals surface area contributed by atoms with Crippen LogP contribution in [0.5, 0.6) is 0 Å². The lowest BCUT2D eigenvalue weighted by Crippen LogP contribution is -2.49. The molecule has 0 aliphatic rings. The van der Waals surface area contributed by atoms with Crippen molar-refractivity contribution in [2.24, 2.45) is 7.05 Å². The molecule has 0 saturated carbocycles. The Kier molecular flexibility index (Phi) is 5.16. The van der Waals surface area contributed by atoms with Crippen LogP contribution in [0.25, 0.3) is 31.9 Å². The topological polar surface area (TPSA) is 80.6 Å². The van der Waals surface area contributed by atoms with Gasteiger partial charge in [-0.1, -0.05) is 24.3 Å². The van der Waals surface area contributed by atoms with Crippen LogP contribution in [-0.2, 0) is 27.9 Å². The van der Waals surface area contributed by atoms with Crippen molar-refractivity contribution in [3.05, 3.63) is 47.3 Å². The number of para-hydroxylation sites is 1. The summed E-state index contributed by atoms with van der Waals surface area (Å²) in [6, 6.07) is 14.9. The Balaban J connectivity index is 1.66. The van der Waals surface area contributed by atoms with E-state index in [0.29, 0.717) is 6.54 Å². The fourth-order valence-electron chi connectivity index (χ4n) is 3.62. The van der Waals surface area contributed by atoms with Crippen LogP contribution in [0.1, 0.15) is 11.8 Å². The SMILES string of the molecule is Cn1c2ccccc2c2ccc3sc(CNC(C)(CO)COS(C)(=O)=O)cc3c21. The predicted octanol–water partition coefficient (Wildman–Crippen LogP) is 3.36. The molecule has 0 aliphatic heterocycles. The molecule has 29 heavy (non-hydrogen) atoms. The zero-order chi connectivity index (χ0) is 20.8. The first kappa shape index (κ1) is 20.3. The number of nitrogens with zero attached hydrogens (tertiary/aromatic N) is 1. The molecule has 2 heterocycles. The van der Waals surface area contributed by atoms with Crippen molar-refractivity contribution in [2.45, 2.75) is 19.0 Å². The van der Waals surface area contributed by atoms with Crippen molar-refractivity contribution >= 4 is 53.3 Å². The van der Waals surface area contributed by atoms with E-state index in [1.807, 2.05) is 0 Å². The number of benzene rings is 2. The summed E-state index contributed by atoms with van der Waals surface area (Å²) in [5.41, 5.74) is 1.55. The zero-order valence-corrected chi connectivity index (χ0v) is 18.2. The van der Waals surface area contributed by atoms with Gasteiger partial charge in [0.25, 0.3) is 10.1 Å². The molecule has 4 rings (SSSR count). The number of aromatic nitrogens is 1. The number of aliphatic hydroxyl groups is 1. The molecular formula is C21H24N2O4S2. The van der Waals surface area contributed by atoms with E-state index >= 15 is 0 Å². The first-order valence-electron chi connectivity index (χ1n) is 9.30. The van der Waals surface area contributed by atoms with Crippen molar-refractivity contribution in [3.63, 3.8) is 0 Å². The number of nitrogens with one attached hydrogen (secondary N) is 1. The summed E-state index contributed by atoms with van der Waals surface area (Å²) < 4.78 is 30.9. The van der Waals surface area contributed by atoms with Gasteiger partial charge in [-0.15, -0.1) is 11.3 Å². The van der Waals surface area contributed by atoms with Crippen LogP contribution in [-0.4, -0.2) is 43.1 Å². The first-order chi connectivity index (χ1) is 13.7. The lowest BCUT2D eigenvalue weighted by atomic mass is 10.1. The minimum Gasteiger partial charge on any atom is -0.394 e. The summed E-state index contributed by atoms with van der Waals surface area (Å²) in [5, 5.41) is 16.6. The van der Waals surface area contributed by atoms with Gasteiger partial charge >= 0.3 is 0 Å². The molecular weight excluding hydrogens is 408 g/mol. The third-order valence-corrected chi connectivity index (χ3v) is 6.89. The van der Waals surface area contributed by atoms with E-state index in [2.05, 4.69) is 59.4 Å². The highest BCUT2D eigenvalue weighted by atomic mass is 32.2. The van der Waals surface area contributed by atoms with Crippen molar-refractivity contribution < 1.29 is 17.7 Å². The Bertz CT molecular complexity index is 1310. The summed E-state index contributed by atoms with van der Waals surface area (Å²) >= 11 is 1.69. The summed E-state index contributed by atoms with van der Waals surface area (Å²) in [6.45, 7) is 1.89. The molecule has 2 aromatic heterocycles. The van der Waals surface area contributed by atoms with E-state index in [1.165, 1.54) is 31.9 Å². The Morgan fingerprint density at radius 2 is 1.93 bits per heavy atom. The van der Waals surface area contributed by atoms with E-state index in [1.54, 1.807) is 18.3 Å². The first-order valence-corrected chi connectivity index (χ1v) is 11.9. The minimum absolute atomic E-state index is 0.124. The zero-order valence-electron chi connectivity index (χ0n) is 16.6. The molecule has 0 fully saturated rings. The van der Waals surface area contributed by atoms with Crippen LogP contribution in [0.3, 0.4) is 0 Å². The summed E-state index contributed by atoms with van der Waals surface area (Å²) in [5.74, 6) is 0. The van der Waals surface area contributed by atoms with Gasteiger partial charge in [0.05, 0.1) is 30.5 Å². The number of hydrogen-bond donors (Lipinski definition) is 2. The van der Waals surface area contributed by atoms with Gasteiger partial charge in [0.15, 0.2) is 0 Å². The van der Waals surface area contributed by atoms with Gasteiger partial charge in [0.2, 0.25) is 0 Å². The van der Waals surface area contributed by atoms with E-state index < -0.39 is 15.7 Å². The van der Waals surface area contributed by atoms with E-state index in [-0.39, 0.29) is 13.2 Å². The molecule has 0 aliphatic carbocycles. The Morgan fingerprint density at radius 1 is 1.17 bits per heavy atom. The molecule has 154 valence electrons. The average Bonchev–Trinajstić information content (AvgIpc) is 3.24. The fourth-order valence-corrected chi connectivity index (χ4v) is 5.10. The fraction of sp³-hybridized carbons (Fsp3) is 0.333. The molecule has 1 atom stereocenters. The molecule has 1 unspecified atom stereocenters. The molecule has 0 saturated heterocycles. The van der Waals surface area contributed by atoms with Crippen molar-refractivity contribution in [1.82, 2.24) is 9.88 Å². The molecule has 8 heteroatoms. The van der Waals surface area contributed by atoms with Gasteiger partial charge < -0.3 is 15.0 Å². The highest BCUT2D eigenvalue weighted by Gasteiger charge is 2.25. The van der Waals surface area contributed by atoms with Crippen LogP contribution >= 0.6 is 11.3 Å². The molecule has 0 radical (unpaired) electrons. The highest BCUT2D eigenvalue weighted by molar-refractivity contribution is 7.85. The normalized spacial score (nSPS) is 14.8. The van der Waals surface area contributed by atoms with Crippen molar-refractivity contribution in [2.75, 3.05) is 19.5 Å². The third-order valence-electron chi connectivity index (χ3n) is 5.24.